The highest BCUT2D eigenvalue weighted by Crippen LogP contribution is 2.30. The quantitative estimate of drug-likeness (QED) is 0.808. The van der Waals surface area contributed by atoms with E-state index in [4.69, 9.17) is 9.84 Å². The molecule has 7 heteroatoms. The number of nitrogens with zero attached hydrogens (tertiary/aromatic N) is 1. The number of carboxylic acid groups (broad SMARTS) is 1. The molecule has 1 N–H and O–H groups in total. The Hall–Kier alpha value is -1.83. The highest BCUT2D eigenvalue weighted by atomic mass is 32.2. The fourth-order valence-electron chi connectivity index (χ4n) is 2.64. The Morgan fingerprint density at radius 3 is 2.84 bits per heavy atom. The number of ether oxygens (including phenoxy) is 1. The van der Waals surface area contributed by atoms with Gasteiger partial charge in [0.2, 0.25) is 0 Å². The number of amides is 1. The Morgan fingerprint density at radius 1 is 1.32 bits per heavy atom. The van der Waals surface area contributed by atoms with Crippen LogP contribution >= 0.6 is 23.1 Å². The number of benzene rings is 1. The fourth-order valence-corrected chi connectivity index (χ4v) is 4.32. The van der Waals surface area contributed by atoms with Gasteiger partial charge in [-0.2, -0.15) is 0 Å². The summed E-state index contributed by atoms with van der Waals surface area (Å²) >= 11 is 2.81. The first-order valence-electron chi connectivity index (χ1n) is 7.99. The molecule has 2 atom stereocenters. The zero-order valence-electron chi connectivity index (χ0n) is 13.8. The number of carboxylic acids is 1. The van der Waals surface area contributed by atoms with Gasteiger partial charge in [-0.1, -0.05) is 18.2 Å². The van der Waals surface area contributed by atoms with E-state index in [2.05, 4.69) is 0 Å². The summed E-state index contributed by atoms with van der Waals surface area (Å²) in [6.45, 7) is 3.16. The zero-order chi connectivity index (χ0) is 17.8. The molecule has 132 valence electrons. The van der Waals surface area contributed by atoms with Crippen molar-refractivity contribution in [2.75, 3.05) is 19.7 Å². The largest absolute Gasteiger partial charge is 0.480 e. The van der Waals surface area contributed by atoms with E-state index in [9.17, 15) is 9.59 Å². The van der Waals surface area contributed by atoms with E-state index in [1.807, 2.05) is 23.6 Å². The summed E-state index contributed by atoms with van der Waals surface area (Å²) in [6, 6.07) is 11.2. The molecule has 25 heavy (non-hydrogen) atoms. The highest BCUT2D eigenvalue weighted by Gasteiger charge is 2.28. The van der Waals surface area contributed by atoms with Crippen molar-refractivity contribution in [3.8, 4) is 0 Å². The van der Waals surface area contributed by atoms with Crippen molar-refractivity contribution in [2.45, 2.75) is 23.2 Å². The Labute approximate surface area is 154 Å². The average molecular weight is 377 g/mol. The molecule has 1 fully saturated rings. The number of aliphatic carboxylic acids is 1. The number of thiophene rings is 1. The van der Waals surface area contributed by atoms with Gasteiger partial charge < -0.3 is 14.7 Å². The average Bonchev–Trinajstić information content (AvgIpc) is 3.16. The lowest BCUT2D eigenvalue weighted by Crippen LogP contribution is -2.42. The normalized spacial score (nSPS) is 18.8. The van der Waals surface area contributed by atoms with Crippen molar-refractivity contribution in [3.05, 3.63) is 52.2 Å². The second kappa shape index (κ2) is 8.03. The molecule has 0 radical (unpaired) electrons. The maximum atomic E-state index is 13.0. The standard InChI is InChI=1S/C18H19NO4S2/c1-12(18(21)22)25-15-6-3-2-5-13(15)17(20)19-8-9-23-14(11-19)16-7-4-10-24-16/h2-7,10,12,14H,8-9,11H2,1H3,(H,21,22). The van der Waals surface area contributed by atoms with Crippen LogP contribution in [0.15, 0.2) is 46.7 Å². The van der Waals surface area contributed by atoms with Crippen LogP contribution in [-0.2, 0) is 9.53 Å². The van der Waals surface area contributed by atoms with Gasteiger partial charge in [0.1, 0.15) is 11.4 Å². The molecular formula is C18H19NO4S2. The number of morpholine rings is 1. The lowest BCUT2D eigenvalue weighted by molar-refractivity contribution is -0.136. The van der Waals surface area contributed by atoms with E-state index in [-0.39, 0.29) is 12.0 Å². The van der Waals surface area contributed by atoms with Crippen molar-refractivity contribution in [1.82, 2.24) is 4.90 Å². The number of hydrogen-bond donors (Lipinski definition) is 1. The first kappa shape index (κ1) is 18.0. The molecule has 1 aromatic heterocycles. The molecule has 1 aromatic carbocycles. The number of carbonyl (C=O) groups excluding carboxylic acids is 1. The van der Waals surface area contributed by atoms with E-state index in [0.29, 0.717) is 30.2 Å². The molecule has 0 saturated carbocycles. The summed E-state index contributed by atoms with van der Waals surface area (Å²) in [5.41, 5.74) is 0.549. The second-order valence-corrected chi connectivity index (χ2v) is 8.08. The van der Waals surface area contributed by atoms with Gasteiger partial charge in [0.25, 0.3) is 5.91 Å². The first-order valence-corrected chi connectivity index (χ1v) is 9.75. The van der Waals surface area contributed by atoms with Gasteiger partial charge in [-0.05, 0) is 30.5 Å². The molecule has 1 aliphatic rings. The lowest BCUT2D eigenvalue weighted by atomic mass is 10.1. The number of thioether (sulfide) groups is 1. The van der Waals surface area contributed by atoms with Crippen molar-refractivity contribution < 1.29 is 19.4 Å². The van der Waals surface area contributed by atoms with Crippen molar-refractivity contribution in [2.24, 2.45) is 0 Å². The van der Waals surface area contributed by atoms with Crippen LogP contribution in [0.5, 0.6) is 0 Å². The topological polar surface area (TPSA) is 66.8 Å². The maximum absolute atomic E-state index is 13.0. The third-order valence-electron chi connectivity index (χ3n) is 3.98. The third-order valence-corrected chi connectivity index (χ3v) is 6.11. The van der Waals surface area contributed by atoms with Crippen LogP contribution in [0, 0.1) is 0 Å². The SMILES string of the molecule is CC(Sc1ccccc1C(=O)N1CCOC(c2cccs2)C1)C(=O)O. The van der Waals surface area contributed by atoms with E-state index < -0.39 is 11.2 Å². The molecule has 1 aliphatic heterocycles. The molecule has 0 bridgehead atoms. The number of hydrogen-bond acceptors (Lipinski definition) is 5. The van der Waals surface area contributed by atoms with Gasteiger partial charge in [-0.25, -0.2) is 0 Å². The predicted octanol–water partition coefficient (Wildman–Crippen LogP) is 3.53. The van der Waals surface area contributed by atoms with Gasteiger partial charge in [-0.15, -0.1) is 23.1 Å². The minimum absolute atomic E-state index is 0.0782. The summed E-state index contributed by atoms with van der Waals surface area (Å²) < 4.78 is 5.80. The van der Waals surface area contributed by atoms with E-state index in [1.165, 1.54) is 11.8 Å². The van der Waals surface area contributed by atoms with Gasteiger partial charge in [0, 0.05) is 16.3 Å². The molecule has 5 nitrogen and oxygen atoms in total. The van der Waals surface area contributed by atoms with Gasteiger partial charge in [0.05, 0.1) is 18.7 Å². The van der Waals surface area contributed by atoms with Crippen LogP contribution in [0.3, 0.4) is 0 Å². The summed E-state index contributed by atoms with van der Waals surface area (Å²) in [7, 11) is 0. The number of rotatable bonds is 5. The van der Waals surface area contributed by atoms with Crippen LogP contribution in [0.1, 0.15) is 28.3 Å². The summed E-state index contributed by atoms with van der Waals surface area (Å²) in [4.78, 5) is 27.7. The highest BCUT2D eigenvalue weighted by molar-refractivity contribution is 8.00. The monoisotopic (exact) mass is 377 g/mol. The van der Waals surface area contributed by atoms with Gasteiger partial charge in [0.15, 0.2) is 0 Å². The Bertz CT molecular complexity index is 747. The summed E-state index contributed by atoms with van der Waals surface area (Å²) in [5, 5.41) is 10.5. The maximum Gasteiger partial charge on any atom is 0.316 e. The van der Waals surface area contributed by atoms with Crippen LogP contribution in [0.2, 0.25) is 0 Å². The first-order chi connectivity index (χ1) is 12.1. The van der Waals surface area contributed by atoms with Crippen LogP contribution in [0.25, 0.3) is 0 Å². The molecule has 1 saturated heterocycles. The molecule has 2 unspecified atom stereocenters. The molecule has 3 rings (SSSR count). The fraction of sp³-hybridized carbons (Fsp3) is 0.333. The minimum atomic E-state index is -0.892. The van der Waals surface area contributed by atoms with Crippen LogP contribution in [-0.4, -0.2) is 46.8 Å². The molecule has 0 spiro atoms. The van der Waals surface area contributed by atoms with Crippen molar-refractivity contribution in [3.63, 3.8) is 0 Å². The van der Waals surface area contributed by atoms with Crippen molar-refractivity contribution >= 4 is 35.0 Å². The van der Waals surface area contributed by atoms with Gasteiger partial charge in [-0.3, -0.25) is 9.59 Å². The van der Waals surface area contributed by atoms with E-state index in [1.54, 1.807) is 41.4 Å². The molecule has 1 amide bonds. The van der Waals surface area contributed by atoms with E-state index in [0.717, 1.165) is 4.88 Å². The number of carbonyl (C=O) groups is 2. The second-order valence-electron chi connectivity index (χ2n) is 5.72. The Kier molecular flexibility index (Phi) is 5.78. The minimum Gasteiger partial charge on any atom is -0.480 e. The van der Waals surface area contributed by atoms with Gasteiger partial charge >= 0.3 is 5.97 Å². The van der Waals surface area contributed by atoms with Crippen LogP contribution in [0.4, 0.5) is 0 Å². The molecule has 2 aromatic rings. The third kappa shape index (κ3) is 4.23. The Balaban J connectivity index is 1.77. The molecule has 2 heterocycles. The predicted molar refractivity (Wildman–Crippen MR) is 98.3 cm³/mol. The molecule has 0 aliphatic carbocycles. The van der Waals surface area contributed by atoms with Crippen molar-refractivity contribution in [1.29, 1.82) is 0 Å². The summed E-state index contributed by atoms with van der Waals surface area (Å²) in [5.74, 6) is -0.970. The smallest absolute Gasteiger partial charge is 0.316 e. The van der Waals surface area contributed by atoms with E-state index >= 15 is 0 Å². The Morgan fingerprint density at radius 2 is 2.12 bits per heavy atom. The zero-order valence-corrected chi connectivity index (χ0v) is 15.4. The lowest BCUT2D eigenvalue weighted by Gasteiger charge is -2.33. The van der Waals surface area contributed by atoms with Crippen LogP contribution < -0.4 is 0 Å². The summed E-state index contributed by atoms with van der Waals surface area (Å²) in [6.07, 6.45) is -0.101. The molecular weight excluding hydrogens is 358 g/mol.